The lowest BCUT2D eigenvalue weighted by atomic mass is 9.63. The van der Waals surface area contributed by atoms with Crippen molar-refractivity contribution >= 4 is 33.5 Å². The van der Waals surface area contributed by atoms with Crippen LogP contribution in [0.2, 0.25) is 0 Å². The van der Waals surface area contributed by atoms with Crippen molar-refractivity contribution < 1.29 is 33.5 Å². The Labute approximate surface area is 273 Å². The topological polar surface area (TPSA) is 117 Å². The summed E-state index contributed by atoms with van der Waals surface area (Å²) >= 11 is 3.48. The average molecular weight is 686 g/mol. The molecule has 0 saturated carbocycles. The lowest BCUT2D eigenvalue weighted by Gasteiger charge is -2.41. The van der Waals surface area contributed by atoms with Gasteiger partial charge in [-0.1, -0.05) is 88.7 Å². The van der Waals surface area contributed by atoms with Crippen molar-refractivity contribution in [1.29, 1.82) is 0 Å². The van der Waals surface area contributed by atoms with Gasteiger partial charge in [-0.2, -0.15) is 0 Å². The van der Waals surface area contributed by atoms with Crippen LogP contribution in [0.15, 0.2) is 102 Å². The van der Waals surface area contributed by atoms with Crippen molar-refractivity contribution in [1.82, 2.24) is 0 Å². The molecule has 0 bridgehead atoms. The number of nitrogens with zero attached hydrogens (tertiary/aromatic N) is 2. The van der Waals surface area contributed by atoms with Crippen LogP contribution < -0.4 is 14.4 Å². The van der Waals surface area contributed by atoms with Gasteiger partial charge in [0.05, 0.1) is 32.9 Å². The normalized spacial score (nSPS) is 25.8. The third-order valence-electron chi connectivity index (χ3n) is 9.32. The molecule has 0 aromatic heterocycles. The maximum Gasteiger partial charge on any atom is 0.309 e. The molecule has 0 radical (unpaired) electrons. The molecular formula is C35H29BrN2O8. The van der Waals surface area contributed by atoms with Crippen molar-refractivity contribution in [2.45, 2.75) is 42.2 Å². The third kappa shape index (κ3) is 4.18. The first-order valence-electron chi connectivity index (χ1n) is 14.7. The summed E-state index contributed by atoms with van der Waals surface area (Å²) in [5, 5.41) is 13.9. The van der Waals surface area contributed by atoms with E-state index in [1.54, 1.807) is 59.5 Å². The van der Waals surface area contributed by atoms with Crippen molar-refractivity contribution in [2.75, 3.05) is 19.1 Å². The number of amides is 1. The van der Waals surface area contributed by atoms with Crippen LogP contribution in [0.25, 0.3) is 0 Å². The van der Waals surface area contributed by atoms with Crippen molar-refractivity contribution in [2.24, 2.45) is 0 Å². The number of hydrogen-bond acceptors (Lipinski definition) is 8. The number of hydrogen-bond donors (Lipinski definition) is 0. The highest BCUT2D eigenvalue weighted by molar-refractivity contribution is 9.10. The molecule has 3 heterocycles. The molecule has 1 fully saturated rings. The van der Waals surface area contributed by atoms with Gasteiger partial charge in [-0.25, -0.2) is 0 Å². The minimum Gasteiger partial charge on any atom is -0.493 e. The number of rotatable bonds is 7. The van der Waals surface area contributed by atoms with Gasteiger partial charge in [0.2, 0.25) is 0 Å². The number of para-hydroxylation sites is 2. The largest absolute Gasteiger partial charge is 0.493 e. The summed E-state index contributed by atoms with van der Waals surface area (Å²) in [6.45, 7) is 0.220. The van der Waals surface area contributed by atoms with Gasteiger partial charge in [-0.05, 0) is 35.4 Å². The van der Waals surface area contributed by atoms with E-state index in [4.69, 9.17) is 18.9 Å². The molecule has 0 unspecified atom stereocenters. The minimum atomic E-state index is -2.16. The third-order valence-corrected chi connectivity index (χ3v) is 9.85. The van der Waals surface area contributed by atoms with E-state index in [-0.39, 0.29) is 12.3 Å². The molecule has 46 heavy (non-hydrogen) atoms. The molecule has 3 aliphatic rings. The Morgan fingerprint density at radius 1 is 0.978 bits per heavy atom. The van der Waals surface area contributed by atoms with Crippen LogP contribution in [0.4, 0.5) is 5.69 Å². The summed E-state index contributed by atoms with van der Waals surface area (Å²) in [6.07, 6.45) is -3.19. The second-order valence-corrected chi connectivity index (χ2v) is 12.4. The minimum absolute atomic E-state index is 0.216. The first kappa shape index (κ1) is 29.9. The monoisotopic (exact) mass is 684 g/mol. The first-order chi connectivity index (χ1) is 22.3. The molecule has 0 N–H and O–H groups in total. The standard InChI is InChI=1S/C35H29BrN2O8/c1-43-27-14-8-11-24-30(27)45-28(19-29(39)44-2)34(38(41)42)31(22-15-17-23(36)18-16-22)35(46-32(24)34)25-12-6-7-13-26(25)37(33(35)40)20-21-9-4-3-5-10-21/h3-18,28,31-32H,19-20H2,1-2H3/t28-,31+,32+,34-,35-/m1/s1. The number of carbonyl (C=O) groups is 2. The van der Waals surface area contributed by atoms with Crippen molar-refractivity contribution in [3.63, 3.8) is 0 Å². The number of carbonyl (C=O) groups excluding carboxylic acids is 2. The quantitative estimate of drug-likeness (QED) is 0.130. The van der Waals surface area contributed by atoms with E-state index < -0.39 is 52.5 Å². The summed E-state index contributed by atoms with van der Waals surface area (Å²) in [5.74, 6) is -1.85. The van der Waals surface area contributed by atoms with Crippen LogP contribution in [-0.2, 0) is 31.2 Å². The smallest absolute Gasteiger partial charge is 0.309 e. The van der Waals surface area contributed by atoms with Crippen LogP contribution in [0.5, 0.6) is 11.5 Å². The Bertz CT molecular complexity index is 1850. The lowest BCUT2D eigenvalue weighted by Crippen LogP contribution is -2.61. The predicted molar refractivity (Wildman–Crippen MR) is 170 cm³/mol. The summed E-state index contributed by atoms with van der Waals surface area (Å²) in [5.41, 5.74) is -1.22. The maximum atomic E-state index is 15.2. The molecular weight excluding hydrogens is 656 g/mol. The van der Waals surface area contributed by atoms with E-state index in [9.17, 15) is 14.9 Å². The molecule has 4 aromatic rings. The van der Waals surface area contributed by atoms with Gasteiger partial charge in [0.25, 0.3) is 11.4 Å². The van der Waals surface area contributed by atoms with E-state index in [0.29, 0.717) is 28.1 Å². The van der Waals surface area contributed by atoms with Gasteiger partial charge < -0.3 is 23.8 Å². The molecule has 1 amide bonds. The highest BCUT2D eigenvalue weighted by Crippen LogP contribution is 2.69. The van der Waals surface area contributed by atoms with Crippen LogP contribution >= 0.6 is 15.9 Å². The number of halogens is 1. The average Bonchev–Trinajstić information content (AvgIpc) is 3.53. The molecule has 11 heteroatoms. The molecule has 0 aliphatic carbocycles. The van der Waals surface area contributed by atoms with E-state index in [2.05, 4.69) is 15.9 Å². The van der Waals surface area contributed by atoms with Gasteiger partial charge in [0.15, 0.2) is 29.3 Å². The first-order valence-corrected chi connectivity index (χ1v) is 15.5. The Morgan fingerprint density at radius 3 is 2.39 bits per heavy atom. The zero-order valence-electron chi connectivity index (χ0n) is 24.9. The lowest BCUT2D eigenvalue weighted by molar-refractivity contribution is -0.593. The second-order valence-electron chi connectivity index (χ2n) is 11.5. The Hall–Kier alpha value is -4.74. The fraction of sp³-hybridized carbons (Fsp3) is 0.257. The van der Waals surface area contributed by atoms with E-state index in [0.717, 1.165) is 10.0 Å². The number of fused-ring (bicyclic) bond motifs is 5. The summed E-state index contributed by atoms with van der Waals surface area (Å²) < 4.78 is 24.8. The number of anilines is 1. The summed E-state index contributed by atoms with van der Waals surface area (Å²) in [7, 11) is 2.68. The van der Waals surface area contributed by atoms with Gasteiger partial charge >= 0.3 is 5.97 Å². The Balaban J connectivity index is 1.54. The van der Waals surface area contributed by atoms with Crippen LogP contribution in [0.1, 0.15) is 40.7 Å². The van der Waals surface area contributed by atoms with Gasteiger partial charge in [-0.3, -0.25) is 19.7 Å². The van der Waals surface area contributed by atoms with E-state index in [1.807, 2.05) is 42.5 Å². The molecule has 7 rings (SSSR count). The van der Waals surface area contributed by atoms with E-state index in [1.165, 1.54) is 14.2 Å². The highest BCUT2D eigenvalue weighted by Gasteiger charge is 2.82. The zero-order valence-corrected chi connectivity index (χ0v) is 26.5. The highest BCUT2D eigenvalue weighted by atomic mass is 79.9. The number of esters is 1. The summed E-state index contributed by atoms with van der Waals surface area (Å²) in [4.78, 5) is 43.2. The fourth-order valence-corrected chi connectivity index (χ4v) is 7.70. The van der Waals surface area contributed by atoms with Gasteiger partial charge in [0, 0.05) is 20.5 Å². The molecule has 3 aliphatic heterocycles. The van der Waals surface area contributed by atoms with Crippen molar-refractivity contribution in [3.05, 3.63) is 134 Å². The van der Waals surface area contributed by atoms with E-state index >= 15 is 4.79 Å². The SMILES string of the molecule is COC(=O)C[C@H]1Oc2c(OC)cccc2[C@@H]2O[C@@]3(C(=O)N(Cc4ccccc4)c4ccccc43)[C@@H](c3ccc(Br)cc3)[C@]12[N+](=O)[O-]. The predicted octanol–water partition coefficient (Wildman–Crippen LogP) is 6.09. The molecule has 1 spiro atoms. The Morgan fingerprint density at radius 2 is 1.70 bits per heavy atom. The van der Waals surface area contributed by atoms with Gasteiger partial charge in [-0.15, -0.1) is 0 Å². The molecule has 10 nitrogen and oxygen atoms in total. The fourth-order valence-electron chi connectivity index (χ4n) is 7.43. The summed E-state index contributed by atoms with van der Waals surface area (Å²) in [6, 6.07) is 28.8. The molecule has 4 aromatic carbocycles. The number of benzene rings is 4. The van der Waals surface area contributed by atoms with Crippen molar-refractivity contribution in [3.8, 4) is 11.5 Å². The molecule has 234 valence electrons. The number of methoxy groups -OCH3 is 2. The maximum absolute atomic E-state index is 15.2. The number of nitro groups is 1. The van der Waals surface area contributed by atoms with Crippen LogP contribution in [0.3, 0.4) is 0 Å². The van der Waals surface area contributed by atoms with Crippen LogP contribution in [-0.4, -0.2) is 42.7 Å². The number of ether oxygens (including phenoxy) is 4. The molecule has 1 saturated heterocycles. The zero-order chi connectivity index (χ0) is 32.2. The Kier molecular flexibility index (Phi) is 7.32. The van der Waals surface area contributed by atoms with Crippen LogP contribution in [0, 0.1) is 10.1 Å². The van der Waals surface area contributed by atoms with Gasteiger partial charge in [0.1, 0.15) is 5.92 Å². The molecule has 5 atom stereocenters. The second kappa shape index (κ2) is 11.3.